The third-order valence-electron chi connectivity index (χ3n) is 2.70. The molecule has 1 aliphatic rings. The van der Waals surface area contributed by atoms with Gasteiger partial charge in [0.2, 0.25) is 5.88 Å². The van der Waals surface area contributed by atoms with E-state index in [2.05, 4.69) is 10.3 Å². The van der Waals surface area contributed by atoms with Gasteiger partial charge in [-0.2, -0.15) is 4.98 Å². The van der Waals surface area contributed by atoms with E-state index < -0.39 is 0 Å². The van der Waals surface area contributed by atoms with E-state index in [1.165, 1.54) is 11.8 Å². The molecular formula is C12H12N3NaO2S. The summed E-state index contributed by atoms with van der Waals surface area (Å²) in [6.07, 6.45) is 0. The Kier molecular flexibility index (Phi) is 4.57. The first-order valence-electron chi connectivity index (χ1n) is 5.54. The number of hydrogen-bond acceptors (Lipinski definition) is 5. The molecule has 19 heavy (non-hydrogen) atoms. The van der Waals surface area contributed by atoms with Gasteiger partial charge >= 0.3 is 29.6 Å². The fourth-order valence-corrected chi connectivity index (χ4v) is 2.77. The molecule has 2 aromatic rings. The number of hydrogen-bond donors (Lipinski definition) is 2. The van der Waals surface area contributed by atoms with E-state index in [1.807, 2.05) is 30.3 Å². The summed E-state index contributed by atoms with van der Waals surface area (Å²) < 4.78 is 1.58. The first-order valence-corrected chi connectivity index (χ1v) is 6.53. The molecule has 0 saturated heterocycles. The molecule has 0 unspecified atom stereocenters. The number of nitrogens with one attached hydrogen (secondary N) is 1. The number of fused-ring (bicyclic) bond motifs is 1. The average Bonchev–Trinajstić information content (AvgIpc) is 2.84. The van der Waals surface area contributed by atoms with Crippen molar-refractivity contribution in [3.63, 3.8) is 0 Å². The molecule has 0 fully saturated rings. The van der Waals surface area contributed by atoms with Crippen LogP contribution < -0.4 is 10.9 Å². The van der Waals surface area contributed by atoms with Crippen LogP contribution in [0.3, 0.4) is 0 Å². The van der Waals surface area contributed by atoms with E-state index >= 15 is 0 Å². The fraction of sp³-hybridized carbons (Fsp3) is 0.167. The van der Waals surface area contributed by atoms with Crippen molar-refractivity contribution in [2.24, 2.45) is 0 Å². The van der Waals surface area contributed by atoms with Crippen LogP contribution in [0.1, 0.15) is 0 Å². The minimum absolute atomic E-state index is 0. The number of rotatable bonds is 2. The predicted octanol–water partition coefficient (Wildman–Crippen LogP) is 1.15. The van der Waals surface area contributed by atoms with Crippen molar-refractivity contribution in [3.8, 4) is 5.88 Å². The van der Waals surface area contributed by atoms with Gasteiger partial charge in [0.1, 0.15) is 0 Å². The second-order valence-electron chi connectivity index (χ2n) is 3.89. The Morgan fingerprint density at radius 1 is 1.32 bits per heavy atom. The maximum absolute atomic E-state index is 12.2. The number of aromatic nitrogens is 2. The van der Waals surface area contributed by atoms with E-state index in [9.17, 15) is 9.90 Å². The van der Waals surface area contributed by atoms with Crippen LogP contribution >= 0.6 is 11.8 Å². The average molecular weight is 285 g/mol. The molecule has 3 rings (SSSR count). The van der Waals surface area contributed by atoms with Crippen LogP contribution in [-0.2, 0) is 6.54 Å². The Hall–Kier alpha value is -0.950. The Morgan fingerprint density at radius 2 is 2.05 bits per heavy atom. The van der Waals surface area contributed by atoms with Gasteiger partial charge in [0.15, 0.2) is 10.8 Å². The Balaban J connectivity index is 0.00000133. The summed E-state index contributed by atoms with van der Waals surface area (Å²) in [7, 11) is 0. The summed E-state index contributed by atoms with van der Waals surface area (Å²) in [5.41, 5.74) is 0.650. The fourth-order valence-electron chi connectivity index (χ4n) is 1.84. The van der Waals surface area contributed by atoms with Gasteiger partial charge in [0, 0.05) is 18.0 Å². The molecule has 0 bridgehead atoms. The Labute approximate surface area is 136 Å². The van der Waals surface area contributed by atoms with Crippen LogP contribution in [0.2, 0.25) is 0 Å². The molecule has 0 aliphatic carbocycles. The van der Waals surface area contributed by atoms with Crippen molar-refractivity contribution in [1.29, 1.82) is 0 Å². The van der Waals surface area contributed by atoms with E-state index in [-0.39, 0.29) is 46.7 Å². The molecule has 0 atom stereocenters. The summed E-state index contributed by atoms with van der Waals surface area (Å²) in [4.78, 5) is 16.2. The second kappa shape index (κ2) is 6.00. The van der Waals surface area contributed by atoms with Crippen molar-refractivity contribution in [2.45, 2.75) is 11.7 Å². The van der Waals surface area contributed by atoms with Crippen LogP contribution in [-0.4, -0.2) is 50.0 Å². The van der Waals surface area contributed by atoms with Gasteiger partial charge < -0.3 is 10.4 Å². The number of para-hydroxylation sites is 1. The molecule has 0 spiro atoms. The topological polar surface area (TPSA) is 67.2 Å². The zero-order chi connectivity index (χ0) is 12.5. The molecule has 94 valence electrons. The molecule has 7 heteroatoms. The summed E-state index contributed by atoms with van der Waals surface area (Å²) >= 11 is 1.48. The molecule has 0 amide bonds. The minimum atomic E-state index is -0.246. The van der Waals surface area contributed by atoms with Crippen molar-refractivity contribution >= 4 is 52.7 Å². The maximum atomic E-state index is 12.2. The summed E-state index contributed by atoms with van der Waals surface area (Å²) in [5.74, 6) is 0.570. The van der Waals surface area contributed by atoms with E-state index in [1.54, 1.807) is 4.57 Å². The van der Waals surface area contributed by atoms with Crippen LogP contribution in [0.4, 0.5) is 11.4 Å². The van der Waals surface area contributed by atoms with Gasteiger partial charge in [-0.15, -0.1) is 0 Å². The van der Waals surface area contributed by atoms with E-state index in [0.717, 1.165) is 11.4 Å². The Bertz CT molecular complexity index is 645. The van der Waals surface area contributed by atoms with Crippen molar-refractivity contribution in [3.05, 3.63) is 40.7 Å². The van der Waals surface area contributed by atoms with Gasteiger partial charge in [-0.3, -0.25) is 9.36 Å². The molecule has 1 aromatic heterocycles. The second-order valence-corrected chi connectivity index (χ2v) is 4.95. The molecule has 5 nitrogen and oxygen atoms in total. The monoisotopic (exact) mass is 285 g/mol. The van der Waals surface area contributed by atoms with Crippen molar-refractivity contribution in [2.75, 3.05) is 11.1 Å². The van der Waals surface area contributed by atoms with Crippen LogP contribution in [0, 0.1) is 0 Å². The predicted molar refractivity (Wildman–Crippen MR) is 77.8 cm³/mol. The normalized spacial score (nSPS) is 12.6. The standard InChI is InChI=1S/C12H11N3O2S.Na.H/c16-10-9(13-8-4-2-1-3-5-8)11(17)15-6-7-18-12(15)14-10;;/h1-5,13,16H,6-7H2;;. The number of thioether (sulfide) groups is 1. The van der Waals surface area contributed by atoms with Gasteiger partial charge in [0.05, 0.1) is 0 Å². The van der Waals surface area contributed by atoms with Crippen LogP contribution in [0.25, 0.3) is 0 Å². The first-order chi connectivity index (χ1) is 8.75. The molecule has 2 N–H and O–H groups in total. The van der Waals surface area contributed by atoms with Crippen molar-refractivity contribution < 1.29 is 5.11 Å². The van der Waals surface area contributed by atoms with E-state index in [4.69, 9.17) is 0 Å². The van der Waals surface area contributed by atoms with Crippen LogP contribution in [0.5, 0.6) is 5.88 Å². The molecular weight excluding hydrogens is 273 g/mol. The summed E-state index contributed by atoms with van der Waals surface area (Å²) in [6.45, 7) is 0.635. The molecule has 1 aromatic carbocycles. The number of nitrogens with zero attached hydrogens (tertiary/aromatic N) is 2. The molecule has 2 heterocycles. The van der Waals surface area contributed by atoms with Gasteiger partial charge in [-0.1, -0.05) is 30.0 Å². The Morgan fingerprint density at radius 3 is 2.79 bits per heavy atom. The quantitative estimate of drug-likeness (QED) is 0.640. The number of aromatic hydroxyl groups is 1. The third kappa shape index (κ3) is 2.81. The van der Waals surface area contributed by atoms with Gasteiger partial charge in [-0.05, 0) is 12.1 Å². The summed E-state index contributed by atoms with van der Waals surface area (Å²) in [5, 5.41) is 13.3. The SMILES string of the molecule is O=c1c(Nc2ccccc2)c(O)nc2n1CCS2.[NaH]. The molecule has 1 aliphatic heterocycles. The molecule has 0 radical (unpaired) electrons. The number of anilines is 2. The zero-order valence-electron chi connectivity index (χ0n) is 9.46. The van der Waals surface area contributed by atoms with Crippen LogP contribution in [0.15, 0.2) is 40.3 Å². The molecule has 0 saturated carbocycles. The van der Waals surface area contributed by atoms with Gasteiger partial charge in [0.25, 0.3) is 5.56 Å². The first kappa shape index (κ1) is 14.5. The zero-order valence-corrected chi connectivity index (χ0v) is 10.3. The summed E-state index contributed by atoms with van der Waals surface area (Å²) in [6, 6.07) is 9.24. The van der Waals surface area contributed by atoms with E-state index in [0.29, 0.717) is 11.7 Å². The van der Waals surface area contributed by atoms with Crippen molar-refractivity contribution in [1.82, 2.24) is 9.55 Å². The number of benzene rings is 1. The third-order valence-corrected chi connectivity index (χ3v) is 3.66. The van der Waals surface area contributed by atoms with Gasteiger partial charge in [-0.25, -0.2) is 0 Å².